The maximum atomic E-state index is 11.9. The molecule has 2 aliphatic heterocycles. The number of carbonyl (C=O) groups is 1. The van der Waals surface area contributed by atoms with Gasteiger partial charge in [0, 0.05) is 34.9 Å². The number of phenols is 1. The van der Waals surface area contributed by atoms with E-state index < -0.39 is 0 Å². The molecule has 2 aliphatic rings. The summed E-state index contributed by atoms with van der Waals surface area (Å²) in [4.78, 5) is 18.7. The predicted molar refractivity (Wildman–Crippen MR) is 139 cm³/mol. The van der Waals surface area contributed by atoms with E-state index in [9.17, 15) is 9.90 Å². The number of rotatable bonds is 6. The number of aliphatic imine (C=N–C) groups is 1. The van der Waals surface area contributed by atoms with Crippen molar-refractivity contribution in [1.29, 1.82) is 0 Å². The van der Waals surface area contributed by atoms with Crippen molar-refractivity contribution in [3.63, 3.8) is 0 Å². The van der Waals surface area contributed by atoms with Gasteiger partial charge in [-0.2, -0.15) is 5.10 Å². The fourth-order valence-electron chi connectivity index (χ4n) is 5.22. The van der Waals surface area contributed by atoms with Crippen LogP contribution in [-0.4, -0.2) is 63.2 Å². The zero-order valence-electron chi connectivity index (χ0n) is 19.1. The van der Waals surface area contributed by atoms with Crippen LogP contribution >= 0.6 is 27.5 Å². The maximum absolute atomic E-state index is 11.9. The third-order valence-electron chi connectivity index (χ3n) is 6.82. The van der Waals surface area contributed by atoms with Crippen LogP contribution in [0.3, 0.4) is 0 Å². The molecule has 5 rings (SSSR count). The Balaban J connectivity index is 1.46. The van der Waals surface area contributed by atoms with Gasteiger partial charge in [-0.3, -0.25) is 9.69 Å². The average molecular weight is 562 g/mol. The zero-order valence-corrected chi connectivity index (χ0v) is 21.5. The van der Waals surface area contributed by atoms with Gasteiger partial charge in [-0.25, -0.2) is 9.51 Å². The summed E-state index contributed by atoms with van der Waals surface area (Å²) in [5.74, 6) is 0.129. The summed E-state index contributed by atoms with van der Waals surface area (Å²) in [5, 5.41) is 18.2. The number of amidine groups is 1. The molecule has 0 saturated carbocycles. The monoisotopic (exact) mass is 560 g/mol. The highest BCUT2D eigenvalue weighted by Gasteiger charge is 2.41. The van der Waals surface area contributed by atoms with Gasteiger partial charge in [-0.1, -0.05) is 11.6 Å². The van der Waals surface area contributed by atoms with E-state index in [4.69, 9.17) is 22.1 Å². The van der Waals surface area contributed by atoms with Crippen LogP contribution in [0, 0.1) is 0 Å². The Kier molecular flexibility index (Phi) is 6.61. The second-order valence-electron chi connectivity index (χ2n) is 9.00. The quantitative estimate of drug-likeness (QED) is 0.236. The van der Waals surface area contributed by atoms with Crippen molar-refractivity contribution in [3.05, 3.63) is 51.7 Å². The Bertz CT molecular complexity index is 1300. The smallest absolute Gasteiger partial charge is 0.319 e. The molecular weight excluding hydrogens is 536 g/mol. The van der Waals surface area contributed by atoms with Crippen LogP contribution in [0.2, 0.25) is 5.02 Å². The molecule has 35 heavy (non-hydrogen) atoms. The zero-order chi connectivity index (χ0) is 24.7. The van der Waals surface area contributed by atoms with E-state index in [1.165, 1.54) is 19.2 Å². The van der Waals surface area contributed by atoms with Crippen LogP contribution in [-0.2, 0) is 9.53 Å². The van der Waals surface area contributed by atoms with E-state index in [0.29, 0.717) is 34.9 Å². The number of hydrogen-bond donors (Lipinski definition) is 3. The summed E-state index contributed by atoms with van der Waals surface area (Å²) in [6.45, 7) is 0.335. The predicted octanol–water partition coefficient (Wildman–Crippen LogP) is 4.07. The number of phenolic OH excluding ortho intramolecular Hbond substituents is 1. The van der Waals surface area contributed by atoms with Gasteiger partial charge in [-0.15, -0.1) is 0 Å². The summed E-state index contributed by atoms with van der Waals surface area (Å²) in [5.41, 5.74) is 9.30. The van der Waals surface area contributed by atoms with Gasteiger partial charge in [0.25, 0.3) is 0 Å². The van der Waals surface area contributed by atoms with Crippen molar-refractivity contribution < 1.29 is 14.6 Å². The van der Waals surface area contributed by atoms with E-state index in [2.05, 4.69) is 36.2 Å². The summed E-state index contributed by atoms with van der Waals surface area (Å²) in [6, 6.07) is 7.40. The Morgan fingerprint density at radius 3 is 2.77 bits per heavy atom. The van der Waals surface area contributed by atoms with Gasteiger partial charge in [0.1, 0.15) is 11.6 Å². The molecule has 0 unspecified atom stereocenters. The van der Waals surface area contributed by atoms with Crippen molar-refractivity contribution in [2.75, 3.05) is 19.0 Å². The summed E-state index contributed by atoms with van der Waals surface area (Å²) >= 11 is 9.79. The van der Waals surface area contributed by atoms with Crippen LogP contribution in [0.15, 0.2) is 46.1 Å². The van der Waals surface area contributed by atoms with Crippen LogP contribution in [0.5, 0.6) is 5.75 Å². The molecule has 2 aromatic heterocycles. The standard InChI is InChI=1S/C24H26BrClN6O3/c1-35-22(34)12-31-15-2-3-16(31)8-14(7-15)29-23-18(10-28-32-11-13(25)6-21(23)32)24(27)30-20-5-4-17(33)9-19(20)26/h4-6,9-11,14-16,29,33H,2-3,7-8,12H2,1H3,(H2,27,30)/t14-,15-,16+. The first-order valence-corrected chi connectivity index (χ1v) is 12.6. The number of hydrogen-bond acceptors (Lipinski definition) is 7. The van der Waals surface area contributed by atoms with Crippen molar-refractivity contribution in [1.82, 2.24) is 14.5 Å². The number of anilines is 1. The average Bonchev–Trinajstić information content (AvgIpc) is 3.30. The molecular formula is C24H26BrClN6O3. The molecule has 3 aromatic rings. The van der Waals surface area contributed by atoms with Gasteiger partial charge in [0.15, 0.2) is 0 Å². The number of aromatic hydroxyl groups is 1. The van der Waals surface area contributed by atoms with Crippen molar-refractivity contribution in [2.45, 2.75) is 43.8 Å². The lowest BCUT2D eigenvalue weighted by atomic mass is 9.96. The van der Waals surface area contributed by atoms with Gasteiger partial charge in [-0.05, 0) is 59.8 Å². The number of fused-ring (bicyclic) bond motifs is 3. The van der Waals surface area contributed by atoms with Crippen LogP contribution in [0.1, 0.15) is 31.2 Å². The summed E-state index contributed by atoms with van der Waals surface area (Å²) in [6.07, 6.45) is 7.53. The van der Waals surface area contributed by atoms with E-state index >= 15 is 0 Å². The second kappa shape index (κ2) is 9.67. The molecule has 0 aliphatic carbocycles. The van der Waals surface area contributed by atoms with Crippen molar-refractivity contribution >= 4 is 56.2 Å². The molecule has 184 valence electrons. The molecule has 0 amide bonds. The van der Waals surface area contributed by atoms with Crippen LogP contribution in [0.25, 0.3) is 5.52 Å². The lowest BCUT2D eigenvalue weighted by Crippen LogP contribution is -2.49. The minimum absolute atomic E-state index is 0.0594. The Morgan fingerprint density at radius 2 is 2.09 bits per heavy atom. The van der Waals surface area contributed by atoms with Gasteiger partial charge in [0.05, 0.1) is 47.3 Å². The number of ether oxygens (including phenoxy) is 1. The number of nitrogens with two attached hydrogens (primary N) is 1. The first-order valence-electron chi connectivity index (χ1n) is 11.4. The molecule has 3 atom stereocenters. The fraction of sp³-hybridized carbons (Fsp3) is 0.375. The SMILES string of the molecule is COC(=O)CN1[C@@H]2CC[C@H]1C[C@H](Nc1c(/C(N)=N/c3ccc(O)cc3Cl)cnn3cc(Br)cc13)C2. The Morgan fingerprint density at radius 1 is 1.34 bits per heavy atom. The lowest BCUT2D eigenvalue weighted by molar-refractivity contribution is -0.143. The van der Waals surface area contributed by atoms with Gasteiger partial charge in [0.2, 0.25) is 0 Å². The first-order chi connectivity index (χ1) is 16.8. The third kappa shape index (κ3) is 4.82. The number of benzene rings is 1. The van der Waals surface area contributed by atoms with E-state index in [-0.39, 0.29) is 23.6 Å². The highest BCUT2D eigenvalue weighted by molar-refractivity contribution is 9.10. The Hall–Kier alpha value is -2.82. The third-order valence-corrected chi connectivity index (χ3v) is 7.56. The molecule has 0 radical (unpaired) electrons. The minimum Gasteiger partial charge on any atom is -0.508 e. The van der Waals surface area contributed by atoms with Gasteiger partial charge >= 0.3 is 5.97 Å². The topological polar surface area (TPSA) is 117 Å². The Labute approximate surface area is 216 Å². The van der Waals surface area contributed by atoms with Crippen LogP contribution < -0.4 is 11.1 Å². The number of esters is 1. The lowest BCUT2D eigenvalue weighted by Gasteiger charge is -2.39. The summed E-state index contributed by atoms with van der Waals surface area (Å²) in [7, 11) is 1.43. The molecule has 2 bridgehead atoms. The van der Waals surface area contributed by atoms with E-state index in [0.717, 1.165) is 41.4 Å². The number of piperidine rings is 1. The van der Waals surface area contributed by atoms with E-state index in [1.54, 1.807) is 16.8 Å². The molecule has 1 aromatic carbocycles. The number of methoxy groups -OCH3 is 1. The molecule has 4 heterocycles. The molecule has 11 heteroatoms. The molecule has 2 saturated heterocycles. The van der Waals surface area contributed by atoms with Crippen LogP contribution in [0.4, 0.5) is 11.4 Å². The second-order valence-corrected chi connectivity index (χ2v) is 10.3. The summed E-state index contributed by atoms with van der Waals surface area (Å²) < 4.78 is 7.58. The highest BCUT2D eigenvalue weighted by atomic mass is 79.9. The number of halogens is 2. The first kappa shape index (κ1) is 23.9. The maximum Gasteiger partial charge on any atom is 0.319 e. The number of carbonyl (C=O) groups excluding carboxylic acids is 1. The fourth-order valence-corrected chi connectivity index (χ4v) is 5.84. The number of nitrogens with zero attached hydrogens (tertiary/aromatic N) is 4. The molecule has 9 nitrogen and oxygen atoms in total. The van der Waals surface area contributed by atoms with Crippen molar-refractivity contribution in [3.8, 4) is 5.75 Å². The normalized spacial score (nSPS) is 22.5. The van der Waals surface area contributed by atoms with Crippen molar-refractivity contribution in [2.24, 2.45) is 10.7 Å². The highest BCUT2D eigenvalue weighted by Crippen LogP contribution is 2.38. The molecule has 0 spiro atoms. The molecule has 2 fully saturated rings. The van der Waals surface area contributed by atoms with Gasteiger partial charge < -0.3 is 20.9 Å². The molecule has 4 N–H and O–H groups in total. The van der Waals surface area contributed by atoms with E-state index in [1.807, 2.05) is 12.3 Å². The largest absolute Gasteiger partial charge is 0.508 e. The number of aromatic nitrogens is 2. The number of nitrogens with one attached hydrogen (secondary N) is 1. The minimum atomic E-state index is -0.193.